The van der Waals surface area contributed by atoms with Crippen LogP contribution in [0.25, 0.3) is 0 Å². The van der Waals surface area contributed by atoms with Crippen LogP contribution in [0, 0.1) is 16.7 Å². The molecule has 0 aliphatic heterocycles. The molecule has 0 amide bonds. The second-order valence-corrected chi connectivity index (χ2v) is 3.00. The maximum absolute atomic E-state index is 11.3. The minimum absolute atomic E-state index is 0.207. The molecule has 0 spiro atoms. The third kappa shape index (κ3) is 2.98. The van der Waals surface area contributed by atoms with E-state index in [4.69, 9.17) is 20.2 Å². The Hall–Kier alpha value is -1.12. The highest BCUT2D eigenvalue weighted by molar-refractivity contribution is 5.80. The second kappa shape index (κ2) is 6.35. The fourth-order valence-corrected chi connectivity index (χ4v) is 0.743. The minimum atomic E-state index is -1.81. The van der Waals surface area contributed by atoms with Crippen LogP contribution in [-0.4, -0.2) is 36.0 Å². The van der Waals surface area contributed by atoms with E-state index in [9.17, 15) is 4.79 Å². The standard InChI is InChI=1S/C9H15NO4/c1-2-3-4-14-8(13)9(5-10,6-11)7-12/h11-12H,2-4,6-7H2,1H3. The van der Waals surface area contributed by atoms with E-state index in [1.807, 2.05) is 6.92 Å². The number of hydrogen-bond acceptors (Lipinski definition) is 5. The predicted octanol–water partition coefficient (Wildman–Crippen LogP) is -0.176. The van der Waals surface area contributed by atoms with Crippen molar-refractivity contribution in [3.05, 3.63) is 0 Å². The number of carbonyl (C=O) groups is 1. The number of nitrogens with zero attached hydrogens (tertiary/aromatic N) is 1. The summed E-state index contributed by atoms with van der Waals surface area (Å²) in [5.74, 6) is -0.863. The van der Waals surface area contributed by atoms with Crippen LogP contribution in [0.2, 0.25) is 0 Å². The van der Waals surface area contributed by atoms with E-state index >= 15 is 0 Å². The highest BCUT2D eigenvalue weighted by Crippen LogP contribution is 2.16. The SMILES string of the molecule is CCCCOC(=O)C(C#N)(CO)CO. The lowest BCUT2D eigenvalue weighted by Crippen LogP contribution is -2.38. The first kappa shape index (κ1) is 12.9. The normalized spacial score (nSPS) is 10.7. The zero-order valence-corrected chi connectivity index (χ0v) is 8.19. The monoisotopic (exact) mass is 201 g/mol. The Morgan fingerprint density at radius 1 is 1.50 bits per heavy atom. The maximum Gasteiger partial charge on any atom is 0.331 e. The quantitative estimate of drug-likeness (QED) is 0.459. The average Bonchev–Trinajstić information content (AvgIpc) is 2.22. The molecule has 0 aromatic rings. The highest BCUT2D eigenvalue weighted by Gasteiger charge is 2.39. The van der Waals surface area contributed by atoms with Crippen molar-refractivity contribution in [2.75, 3.05) is 19.8 Å². The van der Waals surface area contributed by atoms with Crippen LogP contribution in [0.1, 0.15) is 19.8 Å². The Morgan fingerprint density at radius 3 is 2.43 bits per heavy atom. The Labute approximate surface area is 82.9 Å². The molecule has 80 valence electrons. The molecule has 0 aliphatic rings. The summed E-state index contributed by atoms with van der Waals surface area (Å²) in [5, 5.41) is 26.3. The van der Waals surface area contributed by atoms with Crippen LogP contribution in [-0.2, 0) is 9.53 Å². The molecular formula is C9H15NO4. The molecule has 0 rings (SSSR count). The van der Waals surface area contributed by atoms with Crippen molar-refractivity contribution in [3.63, 3.8) is 0 Å². The van der Waals surface area contributed by atoms with E-state index in [0.29, 0.717) is 6.42 Å². The molecule has 0 atom stereocenters. The molecular weight excluding hydrogens is 186 g/mol. The molecule has 2 N–H and O–H groups in total. The van der Waals surface area contributed by atoms with E-state index in [2.05, 4.69) is 0 Å². The number of aliphatic hydroxyl groups is 2. The van der Waals surface area contributed by atoms with Gasteiger partial charge in [-0.3, -0.25) is 4.79 Å². The van der Waals surface area contributed by atoms with Gasteiger partial charge >= 0.3 is 5.97 Å². The maximum atomic E-state index is 11.3. The van der Waals surface area contributed by atoms with Gasteiger partial charge in [0.15, 0.2) is 5.41 Å². The molecule has 0 saturated heterocycles. The second-order valence-electron chi connectivity index (χ2n) is 3.00. The molecule has 0 radical (unpaired) electrons. The van der Waals surface area contributed by atoms with Gasteiger partial charge in [-0.2, -0.15) is 5.26 Å². The Morgan fingerprint density at radius 2 is 2.07 bits per heavy atom. The number of aliphatic hydroxyl groups excluding tert-OH is 2. The van der Waals surface area contributed by atoms with Crippen LogP contribution >= 0.6 is 0 Å². The van der Waals surface area contributed by atoms with E-state index < -0.39 is 24.6 Å². The van der Waals surface area contributed by atoms with E-state index in [0.717, 1.165) is 6.42 Å². The number of carbonyl (C=O) groups excluding carboxylic acids is 1. The number of unbranched alkanes of at least 4 members (excludes halogenated alkanes) is 1. The van der Waals surface area contributed by atoms with Crippen LogP contribution in [0.4, 0.5) is 0 Å². The van der Waals surface area contributed by atoms with Crippen molar-refractivity contribution in [3.8, 4) is 6.07 Å². The lowest BCUT2D eigenvalue weighted by Gasteiger charge is -2.18. The van der Waals surface area contributed by atoms with Gasteiger partial charge in [0.1, 0.15) is 0 Å². The highest BCUT2D eigenvalue weighted by atomic mass is 16.5. The summed E-state index contributed by atoms with van der Waals surface area (Å²) in [5.41, 5.74) is -1.81. The van der Waals surface area contributed by atoms with Gasteiger partial charge in [-0.15, -0.1) is 0 Å². The van der Waals surface area contributed by atoms with Gasteiger partial charge in [0.2, 0.25) is 0 Å². The first-order valence-corrected chi connectivity index (χ1v) is 4.47. The topological polar surface area (TPSA) is 90.6 Å². The third-order valence-corrected chi connectivity index (χ3v) is 1.88. The van der Waals surface area contributed by atoms with Gasteiger partial charge in [-0.1, -0.05) is 13.3 Å². The van der Waals surface area contributed by atoms with E-state index in [1.165, 1.54) is 0 Å². The summed E-state index contributed by atoms with van der Waals surface area (Å²) in [6, 6.07) is 1.57. The van der Waals surface area contributed by atoms with Gasteiger partial charge in [0.05, 0.1) is 25.9 Å². The molecule has 0 aliphatic carbocycles. The predicted molar refractivity (Wildman–Crippen MR) is 48.1 cm³/mol. The number of hydrogen-bond donors (Lipinski definition) is 2. The first-order chi connectivity index (χ1) is 6.66. The summed E-state index contributed by atoms with van der Waals surface area (Å²) >= 11 is 0. The Balaban J connectivity index is 4.25. The molecule has 0 aromatic heterocycles. The molecule has 0 bridgehead atoms. The summed E-state index contributed by atoms with van der Waals surface area (Å²) in [6.45, 7) is 0.679. The van der Waals surface area contributed by atoms with Crippen LogP contribution < -0.4 is 0 Å². The Bertz CT molecular complexity index is 217. The van der Waals surface area contributed by atoms with Gasteiger partial charge in [-0.05, 0) is 6.42 Å². The molecule has 5 heteroatoms. The number of nitriles is 1. The summed E-state index contributed by atoms with van der Waals surface area (Å²) in [7, 11) is 0. The van der Waals surface area contributed by atoms with Crippen LogP contribution in [0.3, 0.4) is 0 Å². The summed E-state index contributed by atoms with van der Waals surface area (Å²) in [6.07, 6.45) is 1.56. The molecule has 0 aromatic carbocycles. The van der Waals surface area contributed by atoms with Crippen LogP contribution in [0.15, 0.2) is 0 Å². The zero-order chi connectivity index (χ0) is 11.0. The van der Waals surface area contributed by atoms with Gasteiger partial charge < -0.3 is 14.9 Å². The van der Waals surface area contributed by atoms with Crippen molar-refractivity contribution in [1.82, 2.24) is 0 Å². The first-order valence-electron chi connectivity index (χ1n) is 4.47. The largest absolute Gasteiger partial charge is 0.464 e. The van der Waals surface area contributed by atoms with Gasteiger partial charge in [0.25, 0.3) is 0 Å². The fourth-order valence-electron chi connectivity index (χ4n) is 0.743. The fraction of sp³-hybridized carbons (Fsp3) is 0.778. The lowest BCUT2D eigenvalue weighted by atomic mass is 9.92. The van der Waals surface area contributed by atoms with Crippen molar-refractivity contribution in [2.24, 2.45) is 5.41 Å². The number of esters is 1. The Kier molecular flexibility index (Phi) is 5.84. The number of rotatable bonds is 6. The molecule has 5 nitrogen and oxygen atoms in total. The van der Waals surface area contributed by atoms with Gasteiger partial charge in [0, 0.05) is 0 Å². The minimum Gasteiger partial charge on any atom is -0.464 e. The molecule has 0 unspecified atom stereocenters. The average molecular weight is 201 g/mol. The number of ether oxygens (including phenoxy) is 1. The van der Waals surface area contributed by atoms with Crippen molar-refractivity contribution >= 4 is 5.97 Å². The molecule has 0 saturated carbocycles. The van der Waals surface area contributed by atoms with E-state index in [1.54, 1.807) is 6.07 Å². The molecule has 14 heavy (non-hydrogen) atoms. The molecule has 0 heterocycles. The van der Waals surface area contributed by atoms with E-state index in [-0.39, 0.29) is 6.61 Å². The summed E-state index contributed by atoms with van der Waals surface area (Å²) < 4.78 is 4.74. The van der Waals surface area contributed by atoms with Crippen molar-refractivity contribution in [2.45, 2.75) is 19.8 Å². The molecule has 0 fully saturated rings. The third-order valence-electron chi connectivity index (χ3n) is 1.88. The van der Waals surface area contributed by atoms with Crippen molar-refractivity contribution < 1.29 is 19.7 Å². The lowest BCUT2D eigenvalue weighted by molar-refractivity contribution is -0.156. The smallest absolute Gasteiger partial charge is 0.331 e. The zero-order valence-electron chi connectivity index (χ0n) is 8.19. The van der Waals surface area contributed by atoms with Crippen LogP contribution in [0.5, 0.6) is 0 Å². The van der Waals surface area contributed by atoms with Crippen molar-refractivity contribution in [1.29, 1.82) is 5.26 Å². The summed E-state index contributed by atoms with van der Waals surface area (Å²) in [4.78, 5) is 11.3. The van der Waals surface area contributed by atoms with Gasteiger partial charge in [-0.25, -0.2) is 0 Å².